The van der Waals surface area contributed by atoms with Crippen LogP contribution in [0.15, 0.2) is 60.8 Å². The molecule has 0 spiro atoms. The van der Waals surface area contributed by atoms with E-state index in [0.29, 0.717) is 26.2 Å². The van der Waals surface area contributed by atoms with Gasteiger partial charge in [-0.25, -0.2) is 0 Å². The van der Waals surface area contributed by atoms with Gasteiger partial charge in [0.15, 0.2) is 8.32 Å². The Balaban J connectivity index is 1.50. The summed E-state index contributed by atoms with van der Waals surface area (Å²) in [6.07, 6.45) is 2.03. The van der Waals surface area contributed by atoms with E-state index in [-0.39, 0.29) is 10.9 Å². The maximum absolute atomic E-state index is 13.8. The molecule has 210 valence electrons. The molecule has 0 bridgehead atoms. The highest BCUT2D eigenvalue weighted by atomic mass is 28.4. The van der Waals surface area contributed by atoms with Gasteiger partial charge >= 0.3 is 0 Å². The molecule has 2 aromatic carbocycles. The second-order valence-electron chi connectivity index (χ2n) is 11.6. The number of carbonyl (C=O) groups excluding carboxylic acids is 1. The van der Waals surface area contributed by atoms with Crippen LogP contribution in [0.3, 0.4) is 0 Å². The lowest BCUT2D eigenvalue weighted by atomic mass is 10.1. The summed E-state index contributed by atoms with van der Waals surface area (Å²) in [5, 5.41) is 0.158. The third-order valence-corrected chi connectivity index (χ3v) is 12.6. The molecule has 2 heterocycles. The number of benzene rings is 2. The van der Waals surface area contributed by atoms with Crippen LogP contribution in [0.25, 0.3) is 11.3 Å². The molecule has 8 heteroatoms. The lowest BCUT2D eigenvalue weighted by molar-refractivity contribution is 0.0747. The van der Waals surface area contributed by atoms with E-state index in [0.717, 1.165) is 47.1 Å². The molecule has 0 radical (unpaired) electrons. The summed E-state index contributed by atoms with van der Waals surface area (Å²) < 4.78 is 19.5. The van der Waals surface area contributed by atoms with Crippen molar-refractivity contribution in [3.05, 3.63) is 66.4 Å². The van der Waals surface area contributed by atoms with Gasteiger partial charge in [0.2, 0.25) is 0 Å². The number of rotatable bonds is 9. The van der Waals surface area contributed by atoms with Crippen LogP contribution >= 0.6 is 0 Å². The minimum Gasteiger partial charge on any atom is -0.497 e. The van der Waals surface area contributed by atoms with E-state index in [2.05, 4.69) is 55.5 Å². The van der Waals surface area contributed by atoms with Crippen molar-refractivity contribution in [3.63, 3.8) is 0 Å². The standard InChI is InChI=1S/C31H43N3O4Si/c1-31(2,3)39(6,7)38-20-19-33-14-13-28(29(33)24-11-9-8-10-12-24)30(35)34-17-15-32(16-18-34)25-21-26(36-4)23-27(22-25)37-5/h8-14,21-23H,15-20H2,1-7H3. The molecule has 0 saturated carbocycles. The molecule has 1 aromatic heterocycles. The Morgan fingerprint density at radius 2 is 1.51 bits per heavy atom. The topological polar surface area (TPSA) is 56.2 Å². The van der Waals surface area contributed by atoms with Gasteiger partial charge in [-0.2, -0.15) is 0 Å². The van der Waals surface area contributed by atoms with Crippen LogP contribution in [-0.4, -0.2) is 70.7 Å². The van der Waals surface area contributed by atoms with Crippen molar-refractivity contribution in [3.8, 4) is 22.8 Å². The Hall–Kier alpha value is -3.23. The van der Waals surface area contributed by atoms with Gasteiger partial charge in [0.1, 0.15) is 11.5 Å². The third-order valence-electron chi connectivity index (χ3n) is 8.11. The molecule has 3 aromatic rings. The number of nitrogens with zero attached hydrogens (tertiary/aromatic N) is 3. The van der Waals surface area contributed by atoms with E-state index in [9.17, 15) is 4.79 Å². The van der Waals surface area contributed by atoms with Gasteiger partial charge in [0.05, 0.1) is 32.1 Å². The highest BCUT2D eigenvalue weighted by Crippen LogP contribution is 2.37. The van der Waals surface area contributed by atoms with Crippen molar-refractivity contribution in [2.45, 2.75) is 45.4 Å². The summed E-state index contributed by atoms with van der Waals surface area (Å²) in [6.45, 7) is 15.4. The highest BCUT2D eigenvalue weighted by Gasteiger charge is 2.37. The molecular weight excluding hydrogens is 506 g/mol. The van der Waals surface area contributed by atoms with Crippen molar-refractivity contribution < 1.29 is 18.7 Å². The van der Waals surface area contributed by atoms with Gasteiger partial charge in [-0.3, -0.25) is 4.79 Å². The molecule has 0 aliphatic carbocycles. The smallest absolute Gasteiger partial charge is 0.256 e. The maximum Gasteiger partial charge on any atom is 0.256 e. The Labute approximate surface area is 234 Å². The van der Waals surface area contributed by atoms with Crippen LogP contribution < -0.4 is 14.4 Å². The zero-order valence-electron chi connectivity index (χ0n) is 24.5. The van der Waals surface area contributed by atoms with E-state index >= 15 is 0 Å². The largest absolute Gasteiger partial charge is 0.497 e. The number of amides is 1. The molecule has 0 unspecified atom stereocenters. The molecule has 1 saturated heterocycles. The first-order valence-electron chi connectivity index (χ1n) is 13.7. The molecule has 0 N–H and O–H groups in total. The van der Waals surface area contributed by atoms with Crippen molar-refractivity contribution in [2.24, 2.45) is 0 Å². The first kappa shape index (κ1) is 28.8. The minimum atomic E-state index is -1.85. The molecule has 1 aliphatic heterocycles. The fourth-order valence-corrected chi connectivity index (χ4v) is 5.71. The van der Waals surface area contributed by atoms with Gasteiger partial charge in [-0.15, -0.1) is 0 Å². The Morgan fingerprint density at radius 3 is 2.08 bits per heavy atom. The third kappa shape index (κ3) is 6.50. The monoisotopic (exact) mass is 549 g/mol. The number of carbonyl (C=O) groups is 1. The minimum absolute atomic E-state index is 0.0702. The molecule has 4 rings (SSSR count). The number of piperazine rings is 1. The van der Waals surface area contributed by atoms with Crippen LogP contribution in [0, 0.1) is 0 Å². The number of methoxy groups -OCH3 is 2. The second-order valence-corrected chi connectivity index (χ2v) is 16.4. The van der Waals surface area contributed by atoms with Gasteiger partial charge in [-0.05, 0) is 29.8 Å². The quantitative estimate of drug-likeness (QED) is 0.300. The number of aromatic nitrogens is 1. The molecule has 1 fully saturated rings. The second kappa shape index (κ2) is 11.9. The first-order valence-corrected chi connectivity index (χ1v) is 16.6. The summed E-state index contributed by atoms with van der Waals surface area (Å²) in [4.78, 5) is 18.1. The lowest BCUT2D eigenvalue weighted by Gasteiger charge is -2.36. The lowest BCUT2D eigenvalue weighted by Crippen LogP contribution is -2.48. The number of hydrogen-bond donors (Lipinski definition) is 0. The van der Waals surface area contributed by atoms with Gasteiger partial charge in [-0.1, -0.05) is 51.1 Å². The van der Waals surface area contributed by atoms with E-state index < -0.39 is 8.32 Å². The molecule has 1 aliphatic rings. The van der Waals surface area contributed by atoms with Crippen molar-refractivity contribution in [2.75, 3.05) is 51.9 Å². The Kier molecular flexibility index (Phi) is 8.76. The first-order chi connectivity index (χ1) is 18.5. The summed E-state index contributed by atoms with van der Waals surface area (Å²) in [7, 11) is 1.46. The number of ether oxygens (including phenoxy) is 2. The molecule has 7 nitrogen and oxygen atoms in total. The number of hydrogen-bond acceptors (Lipinski definition) is 5. The van der Waals surface area contributed by atoms with Crippen LogP contribution in [0.5, 0.6) is 11.5 Å². The Bertz CT molecular complexity index is 1240. The summed E-state index contributed by atoms with van der Waals surface area (Å²) in [5.41, 5.74) is 3.78. The highest BCUT2D eigenvalue weighted by molar-refractivity contribution is 6.74. The van der Waals surface area contributed by atoms with Gasteiger partial charge in [0.25, 0.3) is 5.91 Å². The Morgan fingerprint density at radius 1 is 0.897 bits per heavy atom. The van der Waals surface area contributed by atoms with Gasteiger partial charge < -0.3 is 28.3 Å². The zero-order chi connectivity index (χ0) is 28.2. The van der Waals surface area contributed by atoms with E-state index in [1.807, 2.05) is 53.6 Å². The van der Waals surface area contributed by atoms with Crippen LogP contribution in [0.4, 0.5) is 5.69 Å². The van der Waals surface area contributed by atoms with Gasteiger partial charge in [0, 0.05) is 62.8 Å². The fraction of sp³-hybridized carbons (Fsp3) is 0.452. The van der Waals surface area contributed by atoms with Crippen molar-refractivity contribution in [1.29, 1.82) is 0 Å². The summed E-state index contributed by atoms with van der Waals surface area (Å²) >= 11 is 0. The SMILES string of the molecule is COc1cc(OC)cc(N2CCN(C(=O)c3ccn(CCO[Si](C)(C)C(C)(C)C)c3-c3ccccc3)CC2)c1. The normalized spacial score (nSPS) is 14.4. The molecular formula is C31H43N3O4Si. The molecule has 39 heavy (non-hydrogen) atoms. The molecule has 0 atom stereocenters. The van der Waals surface area contributed by atoms with Crippen molar-refractivity contribution >= 4 is 19.9 Å². The predicted molar refractivity (Wildman–Crippen MR) is 161 cm³/mol. The maximum atomic E-state index is 13.8. The van der Waals surface area contributed by atoms with Crippen LogP contribution in [0.1, 0.15) is 31.1 Å². The average Bonchev–Trinajstić information content (AvgIpc) is 3.36. The molecule has 1 amide bonds. The van der Waals surface area contributed by atoms with Crippen molar-refractivity contribution in [1.82, 2.24) is 9.47 Å². The summed E-state index contributed by atoms with van der Waals surface area (Å²) in [5.74, 6) is 1.59. The predicted octanol–water partition coefficient (Wildman–Crippen LogP) is 6.16. The van der Waals surface area contributed by atoms with E-state index in [1.165, 1.54) is 0 Å². The van der Waals surface area contributed by atoms with Crippen LogP contribution in [0.2, 0.25) is 18.1 Å². The van der Waals surface area contributed by atoms with Crippen LogP contribution in [-0.2, 0) is 11.0 Å². The number of anilines is 1. The summed E-state index contributed by atoms with van der Waals surface area (Å²) in [6, 6.07) is 18.1. The zero-order valence-corrected chi connectivity index (χ0v) is 25.5. The fourth-order valence-electron chi connectivity index (χ4n) is 4.68. The average molecular weight is 550 g/mol. The van der Waals surface area contributed by atoms with E-state index in [4.69, 9.17) is 13.9 Å². The van der Waals surface area contributed by atoms with E-state index in [1.54, 1.807) is 14.2 Å².